The van der Waals surface area contributed by atoms with Crippen molar-refractivity contribution in [2.45, 2.75) is 13.0 Å². The van der Waals surface area contributed by atoms with Gasteiger partial charge in [0.2, 0.25) is 0 Å². The van der Waals surface area contributed by atoms with Gasteiger partial charge in [-0.3, -0.25) is 4.79 Å². The second kappa shape index (κ2) is 6.02. The number of ether oxygens (including phenoxy) is 1. The number of rotatable bonds is 5. The first-order valence-corrected chi connectivity index (χ1v) is 5.28. The molecule has 0 saturated heterocycles. The fourth-order valence-corrected chi connectivity index (χ4v) is 1.38. The molecular formula is C12H15NO5. The average molecular weight is 253 g/mol. The minimum absolute atomic E-state index is 0.0817. The molecule has 1 rings (SSSR count). The van der Waals surface area contributed by atoms with Crippen LogP contribution in [0.1, 0.15) is 15.9 Å². The van der Waals surface area contributed by atoms with Crippen molar-refractivity contribution >= 4 is 11.9 Å². The van der Waals surface area contributed by atoms with Gasteiger partial charge in [-0.05, 0) is 30.7 Å². The lowest BCUT2D eigenvalue weighted by Gasteiger charge is -2.13. The predicted octanol–water partition coefficient (Wildman–Crippen LogP) is 0.530. The van der Waals surface area contributed by atoms with Gasteiger partial charge in [-0.25, -0.2) is 4.79 Å². The standard InChI is InChI=1S/C12H15NO5/c1-7-5-8(3-4-10(7)14)11(15)13-9(6-18-2)12(16)17/h3-5,9,14H,6H2,1-2H3,(H,13,15)(H,16,17). The Morgan fingerprint density at radius 1 is 1.44 bits per heavy atom. The summed E-state index contributed by atoms with van der Waals surface area (Å²) in [6.07, 6.45) is 0. The number of methoxy groups -OCH3 is 1. The molecule has 0 spiro atoms. The normalized spacial score (nSPS) is 11.9. The molecule has 1 amide bonds. The van der Waals surface area contributed by atoms with E-state index in [-0.39, 0.29) is 17.9 Å². The first-order valence-electron chi connectivity index (χ1n) is 5.28. The summed E-state index contributed by atoms with van der Waals surface area (Å²) in [6, 6.07) is 3.19. The largest absolute Gasteiger partial charge is 0.508 e. The number of carboxylic acid groups (broad SMARTS) is 1. The highest BCUT2D eigenvalue weighted by Crippen LogP contribution is 2.16. The van der Waals surface area contributed by atoms with E-state index in [1.54, 1.807) is 6.92 Å². The van der Waals surface area contributed by atoms with Gasteiger partial charge in [-0.1, -0.05) is 0 Å². The third-order valence-electron chi connectivity index (χ3n) is 2.40. The van der Waals surface area contributed by atoms with E-state index in [1.165, 1.54) is 25.3 Å². The third kappa shape index (κ3) is 3.46. The number of benzene rings is 1. The lowest BCUT2D eigenvalue weighted by atomic mass is 10.1. The van der Waals surface area contributed by atoms with Crippen molar-refractivity contribution in [1.82, 2.24) is 5.32 Å². The molecule has 0 bridgehead atoms. The predicted molar refractivity (Wildman–Crippen MR) is 63.6 cm³/mol. The van der Waals surface area contributed by atoms with Crippen LogP contribution in [0.15, 0.2) is 18.2 Å². The second-order valence-electron chi connectivity index (χ2n) is 3.82. The average Bonchev–Trinajstić information content (AvgIpc) is 2.31. The molecule has 6 nitrogen and oxygen atoms in total. The van der Waals surface area contributed by atoms with Gasteiger partial charge in [0.05, 0.1) is 6.61 Å². The molecule has 0 aliphatic heterocycles. The van der Waals surface area contributed by atoms with E-state index in [0.29, 0.717) is 5.56 Å². The van der Waals surface area contributed by atoms with Crippen molar-refractivity contribution in [3.8, 4) is 5.75 Å². The topological polar surface area (TPSA) is 95.9 Å². The Balaban J connectivity index is 2.80. The van der Waals surface area contributed by atoms with Crippen LogP contribution in [0.3, 0.4) is 0 Å². The van der Waals surface area contributed by atoms with Crippen LogP contribution >= 0.6 is 0 Å². The van der Waals surface area contributed by atoms with Crippen molar-refractivity contribution in [2.24, 2.45) is 0 Å². The zero-order chi connectivity index (χ0) is 13.7. The maximum absolute atomic E-state index is 11.8. The molecule has 0 heterocycles. The van der Waals surface area contributed by atoms with Gasteiger partial charge in [-0.15, -0.1) is 0 Å². The molecule has 6 heteroatoms. The van der Waals surface area contributed by atoms with E-state index in [0.717, 1.165) is 0 Å². The van der Waals surface area contributed by atoms with Gasteiger partial charge >= 0.3 is 5.97 Å². The summed E-state index contributed by atoms with van der Waals surface area (Å²) in [4.78, 5) is 22.6. The molecule has 1 aromatic rings. The summed E-state index contributed by atoms with van der Waals surface area (Å²) in [5.74, 6) is -1.61. The fourth-order valence-electron chi connectivity index (χ4n) is 1.38. The Labute approximate surface area is 104 Å². The Morgan fingerprint density at radius 3 is 2.61 bits per heavy atom. The first-order chi connectivity index (χ1) is 8.45. The Hall–Kier alpha value is -2.08. The molecular weight excluding hydrogens is 238 g/mol. The summed E-state index contributed by atoms with van der Waals surface area (Å²) >= 11 is 0. The molecule has 0 aliphatic rings. The van der Waals surface area contributed by atoms with E-state index in [9.17, 15) is 14.7 Å². The van der Waals surface area contributed by atoms with Crippen LogP contribution in [0, 0.1) is 6.92 Å². The molecule has 0 saturated carbocycles. The number of aliphatic carboxylic acids is 1. The smallest absolute Gasteiger partial charge is 0.328 e. The van der Waals surface area contributed by atoms with Crippen molar-refractivity contribution in [1.29, 1.82) is 0 Å². The van der Waals surface area contributed by atoms with E-state index in [4.69, 9.17) is 9.84 Å². The van der Waals surface area contributed by atoms with Gasteiger partial charge in [0.15, 0.2) is 6.04 Å². The van der Waals surface area contributed by atoms with E-state index in [1.807, 2.05) is 0 Å². The van der Waals surface area contributed by atoms with Crippen molar-refractivity contribution < 1.29 is 24.5 Å². The van der Waals surface area contributed by atoms with Crippen molar-refractivity contribution in [2.75, 3.05) is 13.7 Å². The number of amides is 1. The molecule has 0 radical (unpaired) electrons. The van der Waals surface area contributed by atoms with E-state index >= 15 is 0 Å². The van der Waals surface area contributed by atoms with E-state index in [2.05, 4.69) is 5.32 Å². The number of hydrogen-bond acceptors (Lipinski definition) is 4. The molecule has 1 unspecified atom stereocenters. The lowest BCUT2D eigenvalue weighted by molar-refractivity contribution is -0.140. The second-order valence-corrected chi connectivity index (χ2v) is 3.82. The molecule has 0 aromatic heterocycles. The zero-order valence-electron chi connectivity index (χ0n) is 10.1. The monoisotopic (exact) mass is 253 g/mol. The summed E-state index contributed by atoms with van der Waals surface area (Å²) in [5, 5.41) is 20.5. The van der Waals surface area contributed by atoms with Gasteiger partial charge in [0, 0.05) is 12.7 Å². The number of carboxylic acids is 1. The number of aryl methyl sites for hydroxylation is 1. The molecule has 3 N–H and O–H groups in total. The number of carbonyl (C=O) groups excluding carboxylic acids is 1. The molecule has 1 atom stereocenters. The quantitative estimate of drug-likeness (QED) is 0.711. The number of hydrogen-bond donors (Lipinski definition) is 3. The van der Waals surface area contributed by atoms with Gasteiger partial charge in [0.25, 0.3) is 5.91 Å². The Morgan fingerprint density at radius 2 is 2.11 bits per heavy atom. The fraction of sp³-hybridized carbons (Fsp3) is 0.333. The summed E-state index contributed by atoms with van der Waals surface area (Å²) in [6.45, 7) is 1.54. The van der Waals surface area contributed by atoms with Crippen LogP contribution in [0.25, 0.3) is 0 Å². The van der Waals surface area contributed by atoms with Crippen LogP contribution in [0.2, 0.25) is 0 Å². The highest BCUT2D eigenvalue weighted by Gasteiger charge is 2.20. The zero-order valence-corrected chi connectivity index (χ0v) is 10.1. The van der Waals surface area contributed by atoms with Crippen molar-refractivity contribution in [3.63, 3.8) is 0 Å². The maximum atomic E-state index is 11.8. The lowest BCUT2D eigenvalue weighted by Crippen LogP contribution is -2.43. The number of phenolic OH excluding ortho intramolecular Hbond substituents is 1. The van der Waals surface area contributed by atoms with Crippen molar-refractivity contribution in [3.05, 3.63) is 29.3 Å². The SMILES string of the molecule is COCC(NC(=O)c1ccc(O)c(C)c1)C(=O)O. The maximum Gasteiger partial charge on any atom is 0.328 e. The van der Waals surface area contributed by atoms with Gasteiger partial charge in [-0.2, -0.15) is 0 Å². The molecule has 98 valence electrons. The van der Waals surface area contributed by atoms with Crippen LogP contribution in [-0.4, -0.2) is 41.8 Å². The highest BCUT2D eigenvalue weighted by atomic mass is 16.5. The third-order valence-corrected chi connectivity index (χ3v) is 2.40. The highest BCUT2D eigenvalue weighted by molar-refractivity contribution is 5.96. The Bertz CT molecular complexity index is 458. The molecule has 0 fully saturated rings. The summed E-state index contributed by atoms with van der Waals surface area (Å²) < 4.78 is 4.71. The van der Waals surface area contributed by atoms with Crippen LogP contribution in [0.4, 0.5) is 0 Å². The molecule has 18 heavy (non-hydrogen) atoms. The molecule has 1 aromatic carbocycles. The minimum atomic E-state index is -1.17. The summed E-state index contributed by atoms with van der Waals surface area (Å²) in [7, 11) is 1.35. The van der Waals surface area contributed by atoms with Crippen LogP contribution in [0.5, 0.6) is 5.75 Å². The number of aromatic hydroxyl groups is 1. The van der Waals surface area contributed by atoms with Gasteiger partial charge < -0.3 is 20.3 Å². The molecule has 0 aliphatic carbocycles. The number of phenols is 1. The summed E-state index contributed by atoms with van der Waals surface area (Å²) in [5.41, 5.74) is 0.828. The minimum Gasteiger partial charge on any atom is -0.508 e. The van der Waals surface area contributed by atoms with Crippen LogP contribution < -0.4 is 5.32 Å². The van der Waals surface area contributed by atoms with E-state index < -0.39 is 17.9 Å². The number of nitrogens with one attached hydrogen (secondary N) is 1. The number of carbonyl (C=O) groups is 2. The van der Waals surface area contributed by atoms with Crippen LogP contribution in [-0.2, 0) is 9.53 Å². The van der Waals surface area contributed by atoms with Gasteiger partial charge in [0.1, 0.15) is 5.75 Å². The first kappa shape index (κ1) is 14.0. The Kier molecular flexibility index (Phi) is 4.67.